The van der Waals surface area contributed by atoms with E-state index in [1.54, 1.807) is 18.2 Å². The van der Waals surface area contributed by atoms with E-state index < -0.39 is 17.4 Å². The number of halogens is 1. The van der Waals surface area contributed by atoms with E-state index in [2.05, 4.69) is 10.3 Å². The summed E-state index contributed by atoms with van der Waals surface area (Å²) in [6.07, 6.45) is 1.07. The molecule has 4 aromatic carbocycles. The quantitative estimate of drug-likeness (QED) is 0.210. The van der Waals surface area contributed by atoms with Crippen LogP contribution >= 0.6 is 11.6 Å². The Morgan fingerprint density at radius 1 is 1.00 bits per heavy atom. The number of carbonyl (C=O) groups excluding carboxylic acids is 1. The third-order valence-electron chi connectivity index (χ3n) is 6.91. The van der Waals surface area contributed by atoms with E-state index in [4.69, 9.17) is 11.6 Å². The van der Waals surface area contributed by atoms with Crippen molar-refractivity contribution < 1.29 is 9.90 Å². The molecule has 0 amide bonds. The number of ketones is 1. The molecule has 6 heteroatoms. The van der Waals surface area contributed by atoms with Gasteiger partial charge in [0.25, 0.3) is 5.56 Å². The lowest BCUT2D eigenvalue weighted by molar-refractivity contribution is 0.0965. The van der Waals surface area contributed by atoms with Crippen LogP contribution in [0.15, 0.2) is 83.7 Å². The predicted molar refractivity (Wildman–Crippen MR) is 151 cm³/mol. The predicted octanol–water partition coefficient (Wildman–Crippen LogP) is 6.82. The van der Waals surface area contributed by atoms with Crippen molar-refractivity contribution in [3.05, 3.63) is 116 Å². The van der Waals surface area contributed by atoms with Crippen molar-refractivity contribution >= 4 is 44.7 Å². The summed E-state index contributed by atoms with van der Waals surface area (Å²) < 4.78 is 0. The average molecular weight is 511 g/mol. The highest BCUT2D eigenvalue weighted by atomic mass is 35.5. The fourth-order valence-electron chi connectivity index (χ4n) is 4.91. The Morgan fingerprint density at radius 3 is 2.46 bits per heavy atom. The molecule has 1 atom stereocenters. The van der Waals surface area contributed by atoms with Gasteiger partial charge in [0.15, 0.2) is 5.78 Å². The first-order chi connectivity index (χ1) is 17.9. The summed E-state index contributed by atoms with van der Waals surface area (Å²) in [5, 5.41) is 17.8. The molecule has 0 spiro atoms. The molecule has 5 nitrogen and oxygen atoms in total. The molecule has 5 rings (SSSR count). The van der Waals surface area contributed by atoms with Gasteiger partial charge < -0.3 is 15.4 Å². The molecule has 37 heavy (non-hydrogen) atoms. The van der Waals surface area contributed by atoms with Gasteiger partial charge in [-0.15, -0.1) is 0 Å². The normalized spacial score (nSPS) is 12.1. The van der Waals surface area contributed by atoms with Crippen molar-refractivity contribution in [1.82, 2.24) is 4.98 Å². The van der Waals surface area contributed by atoms with Crippen LogP contribution < -0.4 is 10.9 Å². The van der Waals surface area contributed by atoms with Crippen LogP contribution in [0.5, 0.6) is 5.75 Å². The first-order valence-corrected chi connectivity index (χ1v) is 12.6. The minimum Gasteiger partial charge on any atom is -0.506 e. The van der Waals surface area contributed by atoms with Crippen molar-refractivity contribution in [2.24, 2.45) is 0 Å². The number of hydrogen-bond acceptors (Lipinski definition) is 4. The number of anilines is 1. The topological polar surface area (TPSA) is 82.2 Å². The van der Waals surface area contributed by atoms with Gasteiger partial charge in [0.2, 0.25) is 0 Å². The number of rotatable bonds is 7. The molecule has 186 valence electrons. The van der Waals surface area contributed by atoms with Crippen LogP contribution in [0.25, 0.3) is 21.7 Å². The second-order valence-corrected chi connectivity index (χ2v) is 9.69. The summed E-state index contributed by atoms with van der Waals surface area (Å²) in [4.78, 5) is 29.9. The Labute approximate surface area is 219 Å². The van der Waals surface area contributed by atoms with Crippen molar-refractivity contribution in [3.63, 3.8) is 0 Å². The van der Waals surface area contributed by atoms with Crippen LogP contribution in [-0.2, 0) is 12.8 Å². The molecule has 0 saturated carbocycles. The van der Waals surface area contributed by atoms with Gasteiger partial charge in [0.1, 0.15) is 11.3 Å². The van der Waals surface area contributed by atoms with E-state index in [1.165, 1.54) is 0 Å². The molecule has 1 unspecified atom stereocenters. The minimum atomic E-state index is -0.804. The Hall–Kier alpha value is -4.09. The first kappa shape index (κ1) is 24.6. The van der Waals surface area contributed by atoms with Crippen LogP contribution in [0.2, 0.25) is 5.02 Å². The van der Waals surface area contributed by atoms with Crippen molar-refractivity contribution in [2.75, 3.05) is 5.32 Å². The Morgan fingerprint density at radius 2 is 1.73 bits per heavy atom. The fraction of sp³-hybridized carbons (Fsp3) is 0.161. The van der Waals surface area contributed by atoms with Gasteiger partial charge in [-0.1, -0.05) is 67.1 Å². The summed E-state index contributed by atoms with van der Waals surface area (Å²) in [5.74, 6) is -0.761. The maximum Gasteiger partial charge on any atom is 0.263 e. The molecule has 0 aliphatic heterocycles. The SMILES string of the molecule is CCc1ccc2[nH]c(=O)c(C(=O)C(Cc3ccc(Cl)cc3)Nc3ccc4ccccc4c3)c(O)c2c1C. The lowest BCUT2D eigenvalue weighted by Crippen LogP contribution is -2.35. The number of benzene rings is 4. The van der Waals surface area contributed by atoms with Crippen LogP contribution in [0, 0.1) is 6.92 Å². The molecule has 0 saturated heterocycles. The summed E-state index contributed by atoms with van der Waals surface area (Å²) >= 11 is 6.07. The molecule has 0 aliphatic rings. The van der Waals surface area contributed by atoms with Crippen molar-refractivity contribution in [3.8, 4) is 5.75 Å². The molecule has 0 fully saturated rings. The third-order valence-corrected chi connectivity index (χ3v) is 7.17. The lowest BCUT2D eigenvalue weighted by Gasteiger charge is -2.20. The third kappa shape index (κ3) is 4.83. The highest BCUT2D eigenvalue weighted by Crippen LogP contribution is 2.32. The number of aromatic amines is 1. The number of H-pyrrole nitrogens is 1. The Kier molecular flexibility index (Phi) is 6.72. The van der Waals surface area contributed by atoms with Gasteiger partial charge in [-0.25, -0.2) is 0 Å². The Bertz CT molecular complexity index is 1690. The van der Waals surface area contributed by atoms with Crippen molar-refractivity contribution in [1.29, 1.82) is 0 Å². The van der Waals surface area contributed by atoms with Crippen LogP contribution in [0.1, 0.15) is 34.0 Å². The number of nitrogens with one attached hydrogen (secondary N) is 2. The van der Waals surface area contributed by atoms with Crippen molar-refractivity contribution in [2.45, 2.75) is 32.7 Å². The van der Waals surface area contributed by atoms with Gasteiger partial charge in [-0.3, -0.25) is 9.59 Å². The summed E-state index contributed by atoms with van der Waals surface area (Å²) in [6, 6.07) is 24.0. The number of aromatic hydroxyl groups is 1. The minimum absolute atomic E-state index is 0.240. The zero-order chi connectivity index (χ0) is 26.1. The van der Waals surface area contributed by atoms with Gasteiger partial charge in [0.05, 0.1) is 11.6 Å². The molecule has 0 bridgehead atoms. The highest BCUT2D eigenvalue weighted by Gasteiger charge is 2.28. The number of aryl methyl sites for hydroxylation is 2. The number of pyridine rings is 1. The summed E-state index contributed by atoms with van der Waals surface area (Å²) in [5.41, 5.74) is 3.16. The number of Topliss-reactive ketones (excluding diaryl/α,β-unsaturated/α-hetero) is 1. The molecular weight excluding hydrogens is 484 g/mol. The summed E-state index contributed by atoms with van der Waals surface area (Å²) in [6.45, 7) is 3.92. The molecular formula is C31H27ClN2O3. The standard InChI is InChI=1S/C31H27ClN2O3/c1-3-20-11-15-25-27(18(20)2)30(36)28(31(37)34-25)29(35)26(16-19-8-12-23(32)13-9-19)33-24-14-10-21-6-4-5-7-22(21)17-24/h4-15,17,26,33H,3,16H2,1-2H3,(H2,34,36,37). The number of hydrogen-bond donors (Lipinski definition) is 3. The maximum atomic E-state index is 14.0. The van der Waals surface area contributed by atoms with Gasteiger partial charge in [-0.05, 0) is 71.1 Å². The monoisotopic (exact) mass is 510 g/mol. The maximum absolute atomic E-state index is 14.0. The smallest absolute Gasteiger partial charge is 0.263 e. The molecule has 3 N–H and O–H groups in total. The van der Waals surface area contributed by atoms with E-state index in [0.717, 1.165) is 39.6 Å². The molecule has 0 aliphatic carbocycles. The Balaban J connectivity index is 1.60. The highest BCUT2D eigenvalue weighted by molar-refractivity contribution is 6.30. The van der Waals surface area contributed by atoms with Crippen LogP contribution in [0.4, 0.5) is 5.69 Å². The number of aromatic nitrogens is 1. The van der Waals surface area contributed by atoms with Gasteiger partial charge in [0, 0.05) is 22.5 Å². The van der Waals surface area contributed by atoms with E-state index in [1.807, 2.05) is 74.5 Å². The van der Waals surface area contributed by atoms with E-state index in [9.17, 15) is 14.7 Å². The summed E-state index contributed by atoms with van der Waals surface area (Å²) in [7, 11) is 0. The van der Waals surface area contributed by atoms with Crippen LogP contribution in [-0.4, -0.2) is 21.9 Å². The van der Waals surface area contributed by atoms with E-state index >= 15 is 0 Å². The molecule has 0 radical (unpaired) electrons. The van der Waals surface area contributed by atoms with E-state index in [0.29, 0.717) is 22.3 Å². The fourth-order valence-corrected chi connectivity index (χ4v) is 5.04. The zero-order valence-corrected chi connectivity index (χ0v) is 21.4. The molecule has 1 aromatic heterocycles. The molecule has 1 heterocycles. The second kappa shape index (κ2) is 10.1. The van der Waals surface area contributed by atoms with Gasteiger partial charge in [-0.2, -0.15) is 0 Å². The van der Waals surface area contributed by atoms with Crippen LogP contribution in [0.3, 0.4) is 0 Å². The van der Waals surface area contributed by atoms with E-state index in [-0.39, 0.29) is 11.3 Å². The lowest BCUT2D eigenvalue weighted by atomic mass is 9.94. The largest absolute Gasteiger partial charge is 0.506 e. The second-order valence-electron chi connectivity index (χ2n) is 9.26. The van der Waals surface area contributed by atoms with Gasteiger partial charge >= 0.3 is 0 Å². The number of fused-ring (bicyclic) bond motifs is 2. The average Bonchev–Trinajstić information content (AvgIpc) is 2.89. The zero-order valence-electron chi connectivity index (χ0n) is 20.6. The first-order valence-electron chi connectivity index (χ1n) is 12.3. The molecule has 5 aromatic rings. The number of carbonyl (C=O) groups is 1.